The minimum absolute atomic E-state index is 0.0511. The highest BCUT2D eigenvalue weighted by Crippen LogP contribution is 2.33. The van der Waals surface area contributed by atoms with Crippen LogP contribution in [0.2, 0.25) is 0 Å². The topological polar surface area (TPSA) is 54.9 Å². The summed E-state index contributed by atoms with van der Waals surface area (Å²) in [5.74, 6) is 2.40. The molecule has 1 saturated heterocycles. The maximum absolute atomic E-state index is 12.9. The van der Waals surface area contributed by atoms with Gasteiger partial charge in [0.25, 0.3) is 5.91 Å². The first-order valence-electron chi connectivity index (χ1n) is 8.58. The molecular formula is C19H21N3O3. The monoisotopic (exact) mass is 339 g/mol. The number of pyridine rings is 1. The number of aryl methyl sites for hydroxylation is 1. The molecule has 0 atom stereocenters. The van der Waals surface area contributed by atoms with Crippen LogP contribution in [0.3, 0.4) is 0 Å². The van der Waals surface area contributed by atoms with Gasteiger partial charge in [0.05, 0.1) is 0 Å². The molecule has 4 rings (SSSR count). The molecule has 0 saturated carbocycles. The van der Waals surface area contributed by atoms with Gasteiger partial charge >= 0.3 is 0 Å². The summed E-state index contributed by atoms with van der Waals surface area (Å²) in [6.07, 6.45) is 1.80. The van der Waals surface area contributed by atoms with Crippen molar-refractivity contribution in [3.8, 4) is 11.5 Å². The smallest absolute Gasteiger partial charge is 0.254 e. The van der Waals surface area contributed by atoms with Crippen LogP contribution < -0.4 is 14.4 Å². The minimum Gasteiger partial charge on any atom is -0.486 e. The lowest BCUT2D eigenvalue weighted by molar-refractivity contribution is 0.0744. The summed E-state index contributed by atoms with van der Waals surface area (Å²) in [5, 5.41) is 0. The molecule has 6 nitrogen and oxygen atoms in total. The predicted octanol–water partition coefficient (Wildman–Crippen LogP) is 2.12. The van der Waals surface area contributed by atoms with Crippen LogP contribution in [0.1, 0.15) is 15.9 Å². The average Bonchev–Trinajstić information content (AvgIpc) is 2.68. The second kappa shape index (κ2) is 6.63. The second-order valence-corrected chi connectivity index (χ2v) is 6.28. The lowest BCUT2D eigenvalue weighted by Gasteiger charge is -2.35. The SMILES string of the molecule is Cc1cc2c(cc1C(=O)N1CCN(c3ccccn3)CC1)OCCO2. The van der Waals surface area contributed by atoms with E-state index in [2.05, 4.69) is 9.88 Å². The van der Waals surface area contributed by atoms with Crippen molar-refractivity contribution < 1.29 is 14.3 Å². The van der Waals surface area contributed by atoms with E-state index in [1.165, 1.54) is 0 Å². The van der Waals surface area contributed by atoms with E-state index in [1.807, 2.05) is 42.2 Å². The molecule has 130 valence electrons. The summed E-state index contributed by atoms with van der Waals surface area (Å²) in [6.45, 7) is 5.95. The van der Waals surface area contributed by atoms with Gasteiger partial charge < -0.3 is 19.3 Å². The van der Waals surface area contributed by atoms with E-state index in [-0.39, 0.29) is 5.91 Å². The molecule has 0 radical (unpaired) electrons. The highest BCUT2D eigenvalue weighted by Gasteiger charge is 2.25. The molecular weight excluding hydrogens is 318 g/mol. The third-order valence-corrected chi connectivity index (χ3v) is 4.66. The average molecular weight is 339 g/mol. The number of amides is 1. The van der Waals surface area contributed by atoms with Crippen molar-refractivity contribution in [3.63, 3.8) is 0 Å². The number of aromatic nitrogens is 1. The van der Waals surface area contributed by atoms with Crippen LogP contribution in [-0.4, -0.2) is 55.2 Å². The molecule has 0 N–H and O–H groups in total. The van der Waals surface area contributed by atoms with Crippen LogP contribution in [0.15, 0.2) is 36.5 Å². The minimum atomic E-state index is 0.0511. The van der Waals surface area contributed by atoms with Gasteiger partial charge in [-0.15, -0.1) is 0 Å². The van der Waals surface area contributed by atoms with Crippen molar-refractivity contribution in [2.45, 2.75) is 6.92 Å². The Hall–Kier alpha value is -2.76. The third-order valence-electron chi connectivity index (χ3n) is 4.66. The maximum atomic E-state index is 12.9. The lowest BCUT2D eigenvalue weighted by Crippen LogP contribution is -2.49. The Morgan fingerprint density at radius 2 is 1.76 bits per heavy atom. The van der Waals surface area contributed by atoms with E-state index in [1.54, 1.807) is 6.20 Å². The molecule has 0 aliphatic carbocycles. The van der Waals surface area contributed by atoms with Crippen LogP contribution in [0.5, 0.6) is 11.5 Å². The summed E-state index contributed by atoms with van der Waals surface area (Å²) >= 11 is 0. The molecule has 1 amide bonds. The number of fused-ring (bicyclic) bond motifs is 1. The Bertz CT molecular complexity index is 771. The molecule has 0 spiro atoms. The van der Waals surface area contributed by atoms with Crippen LogP contribution in [-0.2, 0) is 0 Å². The molecule has 1 fully saturated rings. The summed E-state index contributed by atoms with van der Waals surface area (Å²) in [7, 11) is 0. The van der Waals surface area contributed by atoms with Crippen molar-refractivity contribution >= 4 is 11.7 Å². The number of piperazine rings is 1. The number of anilines is 1. The van der Waals surface area contributed by atoms with Crippen molar-refractivity contribution in [2.75, 3.05) is 44.3 Å². The molecule has 25 heavy (non-hydrogen) atoms. The first kappa shape index (κ1) is 15.7. The molecule has 3 heterocycles. The molecule has 2 aliphatic heterocycles. The first-order chi connectivity index (χ1) is 12.2. The number of carbonyl (C=O) groups excluding carboxylic acids is 1. The van der Waals surface area contributed by atoms with Crippen LogP contribution >= 0.6 is 0 Å². The van der Waals surface area contributed by atoms with Gasteiger partial charge in [0.15, 0.2) is 11.5 Å². The van der Waals surface area contributed by atoms with Gasteiger partial charge in [-0.3, -0.25) is 4.79 Å². The Morgan fingerprint density at radius 1 is 1.04 bits per heavy atom. The largest absolute Gasteiger partial charge is 0.486 e. The van der Waals surface area contributed by atoms with Gasteiger partial charge in [-0.25, -0.2) is 4.98 Å². The Morgan fingerprint density at radius 3 is 2.44 bits per heavy atom. The van der Waals surface area contributed by atoms with E-state index < -0.39 is 0 Å². The van der Waals surface area contributed by atoms with E-state index in [0.717, 1.165) is 30.2 Å². The normalized spacial score (nSPS) is 16.7. The molecule has 6 heteroatoms. The van der Waals surface area contributed by atoms with Crippen molar-refractivity contribution in [1.82, 2.24) is 9.88 Å². The van der Waals surface area contributed by atoms with Crippen molar-refractivity contribution in [2.24, 2.45) is 0 Å². The van der Waals surface area contributed by atoms with Gasteiger partial charge in [-0.05, 0) is 36.8 Å². The first-order valence-corrected chi connectivity index (χ1v) is 8.58. The molecule has 2 aliphatic rings. The third kappa shape index (κ3) is 3.12. The number of hydrogen-bond acceptors (Lipinski definition) is 5. The number of hydrogen-bond donors (Lipinski definition) is 0. The molecule has 1 aromatic carbocycles. The maximum Gasteiger partial charge on any atom is 0.254 e. The lowest BCUT2D eigenvalue weighted by atomic mass is 10.1. The summed E-state index contributed by atoms with van der Waals surface area (Å²) < 4.78 is 11.2. The van der Waals surface area contributed by atoms with E-state index in [0.29, 0.717) is 37.6 Å². The van der Waals surface area contributed by atoms with E-state index >= 15 is 0 Å². The van der Waals surface area contributed by atoms with E-state index in [4.69, 9.17) is 9.47 Å². The van der Waals surface area contributed by atoms with E-state index in [9.17, 15) is 4.79 Å². The highest BCUT2D eigenvalue weighted by molar-refractivity contribution is 5.96. The fourth-order valence-corrected chi connectivity index (χ4v) is 3.27. The zero-order valence-corrected chi connectivity index (χ0v) is 14.3. The molecule has 1 aromatic heterocycles. The van der Waals surface area contributed by atoms with Crippen molar-refractivity contribution in [3.05, 3.63) is 47.7 Å². The highest BCUT2D eigenvalue weighted by atomic mass is 16.6. The van der Waals surface area contributed by atoms with Gasteiger partial charge in [-0.1, -0.05) is 6.07 Å². The second-order valence-electron chi connectivity index (χ2n) is 6.28. The van der Waals surface area contributed by atoms with Gasteiger partial charge in [0.2, 0.25) is 0 Å². The predicted molar refractivity (Wildman–Crippen MR) is 94.5 cm³/mol. The summed E-state index contributed by atoms with van der Waals surface area (Å²) in [5.41, 5.74) is 1.61. The molecule has 0 unspecified atom stereocenters. The fourth-order valence-electron chi connectivity index (χ4n) is 3.27. The number of carbonyl (C=O) groups is 1. The van der Waals surface area contributed by atoms with Gasteiger partial charge in [-0.2, -0.15) is 0 Å². The summed E-state index contributed by atoms with van der Waals surface area (Å²) in [4.78, 5) is 21.4. The standard InChI is InChI=1S/C19H21N3O3/c1-14-12-16-17(25-11-10-24-16)13-15(14)19(23)22-8-6-21(7-9-22)18-4-2-3-5-20-18/h2-5,12-13H,6-11H2,1H3. The molecule has 2 aromatic rings. The van der Waals surface area contributed by atoms with Crippen LogP contribution in [0.25, 0.3) is 0 Å². The Balaban J connectivity index is 1.47. The Labute approximate surface area is 147 Å². The fraction of sp³-hybridized carbons (Fsp3) is 0.368. The number of rotatable bonds is 2. The zero-order valence-electron chi connectivity index (χ0n) is 14.3. The Kier molecular flexibility index (Phi) is 4.17. The van der Waals surface area contributed by atoms with Gasteiger partial charge in [0.1, 0.15) is 19.0 Å². The summed E-state index contributed by atoms with van der Waals surface area (Å²) in [6, 6.07) is 9.61. The van der Waals surface area contributed by atoms with Crippen LogP contribution in [0, 0.1) is 6.92 Å². The zero-order chi connectivity index (χ0) is 17.2. The van der Waals surface area contributed by atoms with Gasteiger partial charge in [0, 0.05) is 37.9 Å². The van der Waals surface area contributed by atoms with Crippen molar-refractivity contribution in [1.29, 1.82) is 0 Å². The molecule has 0 bridgehead atoms. The quantitative estimate of drug-likeness (QED) is 0.839. The number of benzene rings is 1. The van der Waals surface area contributed by atoms with Crippen LogP contribution in [0.4, 0.5) is 5.82 Å². The number of ether oxygens (including phenoxy) is 2. The number of nitrogens with zero attached hydrogens (tertiary/aromatic N) is 3.